The number of thioether (sulfide) groups is 1. The monoisotopic (exact) mass is 542 g/mol. The smallest absolute Gasteiger partial charge is 0.307 e. The van der Waals surface area contributed by atoms with Crippen LogP contribution in [0.5, 0.6) is 5.75 Å². The molecule has 206 valence electrons. The van der Waals surface area contributed by atoms with Crippen LogP contribution in [0.25, 0.3) is 0 Å². The molecule has 0 bridgehead atoms. The standard InChI is InChI=1S/C29H38N2O6S/c1-19(2)15-24(26(38-20(3)32)17-27(33)37-18-22-9-7-6-8-10-22)28(34)31-25(29(35)30-4)16-21-11-13-23(36-5)14-12-21/h6-14,19,24-26H,15-18H2,1-5H3,(H,30,35)(H,31,34)/t24?,25-,26?/m0/s1. The normalized spacial score (nSPS) is 13.2. The number of rotatable bonds is 14. The highest BCUT2D eigenvalue weighted by Crippen LogP contribution is 2.30. The van der Waals surface area contributed by atoms with Gasteiger partial charge < -0.3 is 20.1 Å². The van der Waals surface area contributed by atoms with Crippen LogP contribution in [-0.4, -0.2) is 48.3 Å². The average molecular weight is 543 g/mol. The molecule has 8 nitrogen and oxygen atoms in total. The Morgan fingerprint density at radius 2 is 1.58 bits per heavy atom. The zero-order valence-corrected chi connectivity index (χ0v) is 23.5. The van der Waals surface area contributed by atoms with E-state index in [9.17, 15) is 19.2 Å². The van der Waals surface area contributed by atoms with E-state index in [4.69, 9.17) is 9.47 Å². The number of carbonyl (C=O) groups is 4. The number of amides is 2. The number of esters is 1. The molecule has 2 unspecified atom stereocenters. The molecule has 2 rings (SSSR count). The second kappa shape index (κ2) is 15.8. The van der Waals surface area contributed by atoms with E-state index in [-0.39, 0.29) is 42.3 Å². The lowest BCUT2D eigenvalue weighted by molar-refractivity contribution is -0.145. The molecule has 2 aromatic carbocycles. The van der Waals surface area contributed by atoms with Crippen molar-refractivity contribution in [1.29, 1.82) is 0 Å². The molecule has 0 radical (unpaired) electrons. The molecule has 2 aromatic rings. The maximum Gasteiger partial charge on any atom is 0.307 e. The second-order valence-corrected chi connectivity index (χ2v) is 10.9. The fraction of sp³-hybridized carbons (Fsp3) is 0.448. The van der Waals surface area contributed by atoms with E-state index in [1.807, 2.05) is 56.3 Å². The van der Waals surface area contributed by atoms with Crippen molar-refractivity contribution in [3.05, 3.63) is 65.7 Å². The molecule has 0 saturated carbocycles. The lowest BCUT2D eigenvalue weighted by atomic mass is 9.91. The third-order valence-corrected chi connectivity index (χ3v) is 7.05. The van der Waals surface area contributed by atoms with Crippen LogP contribution in [-0.2, 0) is 36.9 Å². The van der Waals surface area contributed by atoms with Crippen molar-refractivity contribution in [2.24, 2.45) is 11.8 Å². The van der Waals surface area contributed by atoms with Gasteiger partial charge in [-0.3, -0.25) is 19.2 Å². The predicted octanol–water partition coefficient (Wildman–Crippen LogP) is 3.91. The van der Waals surface area contributed by atoms with Crippen molar-refractivity contribution in [3.63, 3.8) is 0 Å². The Kier molecular flexibility index (Phi) is 12.9. The summed E-state index contributed by atoms with van der Waals surface area (Å²) in [6, 6.07) is 15.7. The lowest BCUT2D eigenvalue weighted by Crippen LogP contribution is -2.50. The number of ether oxygens (including phenoxy) is 2. The van der Waals surface area contributed by atoms with Crippen molar-refractivity contribution in [2.45, 2.75) is 57.9 Å². The van der Waals surface area contributed by atoms with Gasteiger partial charge in [-0.15, -0.1) is 0 Å². The summed E-state index contributed by atoms with van der Waals surface area (Å²) in [4.78, 5) is 51.1. The van der Waals surface area contributed by atoms with Crippen LogP contribution < -0.4 is 15.4 Å². The molecule has 0 aliphatic rings. The van der Waals surface area contributed by atoms with Gasteiger partial charge in [0.2, 0.25) is 11.8 Å². The first-order valence-corrected chi connectivity index (χ1v) is 13.5. The molecular weight excluding hydrogens is 504 g/mol. The first-order valence-electron chi connectivity index (χ1n) is 12.6. The number of hydrogen-bond acceptors (Lipinski definition) is 7. The minimum Gasteiger partial charge on any atom is -0.497 e. The number of carbonyl (C=O) groups excluding carboxylic acids is 4. The highest BCUT2D eigenvalue weighted by molar-refractivity contribution is 8.14. The minimum atomic E-state index is -0.830. The zero-order valence-electron chi connectivity index (χ0n) is 22.7. The molecule has 38 heavy (non-hydrogen) atoms. The molecule has 0 saturated heterocycles. The van der Waals surface area contributed by atoms with E-state index in [2.05, 4.69) is 10.6 Å². The van der Waals surface area contributed by atoms with Gasteiger partial charge in [0.1, 0.15) is 18.4 Å². The van der Waals surface area contributed by atoms with Crippen molar-refractivity contribution in [1.82, 2.24) is 10.6 Å². The summed E-state index contributed by atoms with van der Waals surface area (Å²) in [5, 5.41) is 4.65. The van der Waals surface area contributed by atoms with Gasteiger partial charge in [0.15, 0.2) is 5.12 Å². The highest BCUT2D eigenvalue weighted by Gasteiger charge is 2.35. The largest absolute Gasteiger partial charge is 0.497 e. The minimum absolute atomic E-state index is 0.106. The molecule has 3 atom stereocenters. The van der Waals surface area contributed by atoms with E-state index in [0.717, 1.165) is 22.9 Å². The van der Waals surface area contributed by atoms with E-state index >= 15 is 0 Å². The molecule has 2 amide bonds. The van der Waals surface area contributed by atoms with E-state index in [1.54, 1.807) is 19.2 Å². The third-order valence-electron chi connectivity index (χ3n) is 5.92. The summed E-state index contributed by atoms with van der Waals surface area (Å²) in [5.41, 5.74) is 1.69. The number of likely N-dealkylation sites (N-methyl/N-ethyl adjacent to an activating group) is 1. The van der Waals surface area contributed by atoms with Crippen LogP contribution in [0.15, 0.2) is 54.6 Å². The summed E-state index contributed by atoms with van der Waals surface area (Å²) < 4.78 is 10.6. The highest BCUT2D eigenvalue weighted by atomic mass is 32.2. The maximum atomic E-state index is 13.6. The molecule has 0 spiro atoms. The summed E-state index contributed by atoms with van der Waals surface area (Å²) in [6.07, 6.45) is 0.601. The van der Waals surface area contributed by atoms with Gasteiger partial charge >= 0.3 is 5.97 Å². The Bertz CT molecular complexity index is 1060. The Labute approximate surface area is 229 Å². The predicted molar refractivity (Wildman–Crippen MR) is 149 cm³/mol. The Morgan fingerprint density at radius 1 is 0.921 bits per heavy atom. The molecule has 0 fully saturated rings. The quantitative estimate of drug-likeness (QED) is 0.348. The van der Waals surface area contributed by atoms with Crippen LogP contribution in [0.3, 0.4) is 0 Å². The molecule has 0 heterocycles. The molecule has 2 N–H and O–H groups in total. The number of benzene rings is 2. The van der Waals surface area contributed by atoms with Gasteiger partial charge in [0.05, 0.1) is 19.4 Å². The third kappa shape index (κ3) is 10.6. The summed E-state index contributed by atoms with van der Waals surface area (Å²) in [7, 11) is 3.09. The van der Waals surface area contributed by atoms with Crippen LogP contribution in [0.1, 0.15) is 44.7 Å². The average Bonchev–Trinajstić information content (AvgIpc) is 2.90. The molecule has 0 aliphatic carbocycles. The van der Waals surface area contributed by atoms with Crippen molar-refractivity contribution < 1.29 is 28.7 Å². The number of hydrogen-bond donors (Lipinski definition) is 2. The number of methoxy groups -OCH3 is 1. The zero-order chi connectivity index (χ0) is 28.1. The maximum absolute atomic E-state index is 13.6. The summed E-state index contributed by atoms with van der Waals surface area (Å²) >= 11 is 0.962. The van der Waals surface area contributed by atoms with Gasteiger partial charge in [0, 0.05) is 25.6 Å². The fourth-order valence-corrected chi connectivity index (χ4v) is 5.08. The van der Waals surface area contributed by atoms with E-state index in [1.165, 1.54) is 14.0 Å². The van der Waals surface area contributed by atoms with Crippen LogP contribution in [0, 0.1) is 11.8 Å². The van der Waals surface area contributed by atoms with Crippen molar-refractivity contribution in [3.8, 4) is 5.75 Å². The van der Waals surface area contributed by atoms with Gasteiger partial charge in [-0.1, -0.05) is 68.1 Å². The lowest BCUT2D eigenvalue weighted by Gasteiger charge is -2.28. The second-order valence-electron chi connectivity index (χ2n) is 9.46. The fourth-order valence-electron chi connectivity index (χ4n) is 4.04. The number of nitrogens with one attached hydrogen (secondary N) is 2. The molecule has 0 aliphatic heterocycles. The van der Waals surface area contributed by atoms with Crippen molar-refractivity contribution >= 4 is 34.7 Å². The Balaban J connectivity index is 2.20. The Morgan fingerprint density at radius 3 is 2.13 bits per heavy atom. The van der Waals surface area contributed by atoms with E-state index in [0.29, 0.717) is 12.2 Å². The summed E-state index contributed by atoms with van der Waals surface area (Å²) in [6.45, 7) is 5.46. The van der Waals surface area contributed by atoms with Gasteiger partial charge in [0.25, 0.3) is 0 Å². The van der Waals surface area contributed by atoms with Crippen LogP contribution in [0.2, 0.25) is 0 Å². The first-order chi connectivity index (χ1) is 18.1. The van der Waals surface area contributed by atoms with E-state index < -0.39 is 23.2 Å². The van der Waals surface area contributed by atoms with Crippen LogP contribution >= 0.6 is 11.8 Å². The topological polar surface area (TPSA) is 111 Å². The SMILES string of the molecule is CNC(=O)[C@H](Cc1ccc(OC)cc1)NC(=O)C(CC(C)C)C(CC(=O)OCc1ccccc1)SC(C)=O. The summed E-state index contributed by atoms with van der Waals surface area (Å²) in [5.74, 6) is -1.09. The van der Waals surface area contributed by atoms with Gasteiger partial charge in [-0.25, -0.2) is 0 Å². The van der Waals surface area contributed by atoms with Gasteiger partial charge in [-0.05, 0) is 35.6 Å². The molecular formula is C29H38N2O6S. The van der Waals surface area contributed by atoms with Gasteiger partial charge in [-0.2, -0.15) is 0 Å². The first kappa shape index (κ1) is 30.9. The molecule has 9 heteroatoms. The molecule has 0 aromatic heterocycles. The van der Waals surface area contributed by atoms with Crippen molar-refractivity contribution in [2.75, 3.05) is 14.2 Å². The van der Waals surface area contributed by atoms with Crippen LogP contribution in [0.4, 0.5) is 0 Å². The Hall–Kier alpha value is -3.33.